The lowest BCUT2D eigenvalue weighted by molar-refractivity contribution is 0.240. The molecule has 0 bridgehead atoms. The maximum absolute atomic E-state index is 13.4. The highest BCUT2D eigenvalue weighted by Gasteiger charge is 2.27. The van der Waals surface area contributed by atoms with Gasteiger partial charge in [0.2, 0.25) is 0 Å². The number of halogens is 5. The number of unbranched alkanes of at least 4 members (excludes halogenated alkanes) is 1. The molecule has 0 fully saturated rings. The highest BCUT2D eigenvalue weighted by molar-refractivity contribution is 6.30. The summed E-state index contributed by atoms with van der Waals surface area (Å²) in [6, 6.07) is 50.7. The van der Waals surface area contributed by atoms with Crippen LogP contribution in [-0.4, -0.2) is 137 Å². The van der Waals surface area contributed by atoms with Crippen molar-refractivity contribution in [3.8, 4) is 28.7 Å². The monoisotopic (exact) mass is 2030 g/mol. The van der Waals surface area contributed by atoms with Crippen LogP contribution in [0.3, 0.4) is 0 Å². The molecule has 15 rings (SSSR count). The molecular weight excluding hydrogens is 1910 g/mol. The first-order valence-electron chi connectivity index (χ1n) is 48.4. The van der Waals surface area contributed by atoms with Crippen LogP contribution in [0, 0.1) is 17.5 Å². The van der Waals surface area contributed by atoms with E-state index in [1.54, 1.807) is 138 Å². The SMILES string of the molecule is CC(C)Oc1ccc2c(c1Cc1ccc(F)cc1)c(=O)n(CCCO)c(=O)n2C.CCCCOc1ccc2c(c1Cc1ccc(F)cc1)c(=O)n(CCCO)c(=O)n2C.CCCOc1ccc2c(c1Cc1ccc(Cl)cc1)c(=O)n(CCCO)c(=O)n2C.CCCOc1ccc2c(c1Cc1ccc(F)cc1)c(=O)n(CCCO)c(=O)n2C.CCOc1ccc2c(c1Cc1ccc(Cl)cc1)c(=O)n(CCCO)c(=O)n2C. The van der Waals surface area contributed by atoms with Crippen LogP contribution >= 0.6 is 23.2 Å². The molecular formula is C110H125Cl2F3N10O20. The Labute approximate surface area is 844 Å². The lowest BCUT2D eigenvalue weighted by Gasteiger charge is -2.18. The zero-order valence-electron chi connectivity index (χ0n) is 83.4. The fourth-order valence-corrected chi connectivity index (χ4v) is 17.3. The summed E-state index contributed by atoms with van der Waals surface area (Å²) in [6.07, 6.45) is 7.00. The van der Waals surface area contributed by atoms with Crippen LogP contribution < -0.4 is 79.9 Å². The summed E-state index contributed by atoms with van der Waals surface area (Å²) in [6.45, 7) is 13.9. The lowest BCUT2D eigenvalue weighted by Crippen LogP contribution is -2.39. The average Bonchev–Trinajstić information content (AvgIpc) is 0.769. The molecule has 5 aromatic heterocycles. The Bertz CT molecular complexity index is 7530. The maximum Gasteiger partial charge on any atom is 0.331 e. The molecule has 30 nitrogen and oxygen atoms in total. The summed E-state index contributed by atoms with van der Waals surface area (Å²) >= 11 is 12.0. The van der Waals surface area contributed by atoms with Crippen molar-refractivity contribution < 1.29 is 62.4 Å². The molecule has 0 spiro atoms. The van der Waals surface area contributed by atoms with Gasteiger partial charge in [-0.1, -0.05) is 111 Å². The van der Waals surface area contributed by atoms with E-state index in [2.05, 4.69) is 6.92 Å². The maximum atomic E-state index is 13.4. The van der Waals surface area contributed by atoms with Crippen molar-refractivity contribution in [2.24, 2.45) is 35.2 Å². The van der Waals surface area contributed by atoms with E-state index in [0.717, 1.165) is 78.3 Å². The van der Waals surface area contributed by atoms with Gasteiger partial charge >= 0.3 is 28.4 Å². The van der Waals surface area contributed by atoms with E-state index in [9.17, 15) is 61.1 Å². The van der Waals surface area contributed by atoms with Gasteiger partial charge in [-0.05, 0) is 221 Å². The van der Waals surface area contributed by atoms with Crippen molar-refractivity contribution in [1.82, 2.24) is 45.7 Å². The third-order valence-corrected chi connectivity index (χ3v) is 24.9. The summed E-state index contributed by atoms with van der Waals surface area (Å²) in [4.78, 5) is 130. The molecule has 770 valence electrons. The molecule has 0 aliphatic rings. The number of hydrogen-bond acceptors (Lipinski definition) is 20. The predicted molar refractivity (Wildman–Crippen MR) is 561 cm³/mol. The van der Waals surface area contributed by atoms with Crippen LogP contribution in [0.4, 0.5) is 13.2 Å². The van der Waals surface area contributed by atoms with Crippen molar-refractivity contribution >= 4 is 77.7 Å². The Morgan fingerprint density at radius 3 is 0.703 bits per heavy atom. The number of benzene rings is 10. The number of aliphatic hydroxyl groups excluding tert-OH is 5. The topological polar surface area (TPSA) is 367 Å². The van der Waals surface area contributed by atoms with Crippen molar-refractivity contribution in [2.75, 3.05) is 59.5 Å². The van der Waals surface area contributed by atoms with Crippen LogP contribution in [0.15, 0.2) is 230 Å². The Kier molecular flexibility index (Phi) is 40.8. The zero-order chi connectivity index (χ0) is 105. The molecule has 145 heavy (non-hydrogen) atoms. The minimum absolute atomic E-state index is 0.0923. The van der Waals surface area contributed by atoms with Gasteiger partial charge in [0.25, 0.3) is 27.8 Å². The highest BCUT2D eigenvalue weighted by Crippen LogP contribution is 2.35. The summed E-state index contributed by atoms with van der Waals surface area (Å²) < 4.78 is 82.6. The molecule has 0 unspecified atom stereocenters. The zero-order valence-corrected chi connectivity index (χ0v) is 84.9. The molecule has 10 aromatic carbocycles. The van der Waals surface area contributed by atoms with Crippen molar-refractivity contribution in [3.63, 3.8) is 0 Å². The standard InChI is InChI=1S/C23H27FN2O4.C22H25ClN2O4.2C22H25FN2O4.C21H23ClN2O4/c1-3-4-14-30-20-11-10-19-21(18(20)15-16-6-8-17(24)9-7-16)22(28)26(12-5-13-27)23(29)25(19)2;1-3-13-29-19-10-9-18-20(17(19)14-15-5-7-16(23)8-6-15)21(27)25(11-4-12-26)22(28)24(18)2;1-14(2)29-19-10-9-18-20(17(19)13-15-5-7-16(23)8-6-15)21(27)25(11-4-12-26)22(28)24(18)3;1-3-13-29-19-10-9-18-20(17(19)14-15-5-7-16(23)8-6-15)21(27)25(11-4-12-26)22(28)24(18)2;1-3-28-18-10-9-17-19(16(18)13-14-5-7-15(22)8-6-14)20(26)24(11-4-12-25)21(27)23(17)2/h6-11,27H,3-5,12-15H2,1-2H3;5-10,26H,3-4,11-14H2,1-2H3;5-10,14,26H,4,11-13H2,1-3H3;5-10,26H,3-4,11-14H2,1-2H3;5-10,25H,3-4,11-13H2,1-2H3. The normalized spacial score (nSPS) is 11.2. The second-order valence-corrected chi connectivity index (χ2v) is 35.9. The summed E-state index contributed by atoms with van der Waals surface area (Å²) in [5, 5.41) is 49.1. The summed E-state index contributed by atoms with van der Waals surface area (Å²) in [7, 11) is 8.15. The van der Waals surface area contributed by atoms with Gasteiger partial charge in [0.1, 0.15) is 46.2 Å². The second kappa shape index (κ2) is 53.1. The Morgan fingerprint density at radius 1 is 0.276 bits per heavy atom. The van der Waals surface area contributed by atoms with Crippen molar-refractivity contribution in [2.45, 2.75) is 170 Å². The van der Waals surface area contributed by atoms with Gasteiger partial charge in [-0.15, -0.1) is 0 Å². The molecule has 0 atom stereocenters. The Hall–Kier alpha value is -13.9. The van der Waals surface area contributed by atoms with Crippen LogP contribution in [0.5, 0.6) is 28.7 Å². The third kappa shape index (κ3) is 27.0. The van der Waals surface area contributed by atoms with Gasteiger partial charge in [0, 0.05) is 171 Å². The first-order chi connectivity index (χ1) is 69.7. The molecule has 0 amide bonds. The van der Waals surface area contributed by atoms with Crippen molar-refractivity contribution in [3.05, 3.63) is 369 Å². The number of rotatable bonds is 39. The molecule has 5 N–H and O–H groups in total. The smallest absolute Gasteiger partial charge is 0.331 e. The predicted octanol–water partition coefficient (Wildman–Crippen LogP) is 14.0. The quantitative estimate of drug-likeness (QED) is 0.0223. The molecule has 0 saturated heterocycles. The second-order valence-electron chi connectivity index (χ2n) is 35.1. The number of nitrogens with zero attached hydrogens (tertiary/aromatic N) is 10. The van der Waals surface area contributed by atoms with Crippen LogP contribution in [0.25, 0.3) is 54.5 Å². The van der Waals surface area contributed by atoms with Crippen LogP contribution in [0.2, 0.25) is 10.0 Å². The highest BCUT2D eigenvalue weighted by atomic mass is 35.5. The number of aromatic nitrogens is 10. The Balaban J connectivity index is 0.000000173. The first-order valence-corrected chi connectivity index (χ1v) is 49.2. The minimum Gasteiger partial charge on any atom is -0.494 e. The van der Waals surface area contributed by atoms with Gasteiger partial charge in [-0.2, -0.15) is 0 Å². The largest absolute Gasteiger partial charge is 0.494 e. The van der Waals surface area contributed by atoms with Gasteiger partial charge in [0.15, 0.2) is 0 Å². The first kappa shape index (κ1) is 111. The van der Waals surface area contributed by atoms with Gasteiger partial charge in [0.05, 0.1) is 87.0 Å². The number of hydrogen-bond donors (Lipinski definition) is 5. The van der Waals surface area contributed by atoms with E-state index < -0.39 is 45.1 Å². The summed E-state index contributed by atoms with van der Waals surface area (Å²) in [5.74, 6) is 1.99. The number of ether oxygens (including phenoxy) is 5. The Morgan fingerprint density at radius 2 is 0.490 bits per heavy atom. The molecule has 0 saturated carbocycles. The van der Waals surface area contributed by atoms with E-state index in [0.29, 0.717) is 201 Å². The minimum atomic E-state index is -0.429. The van der Waals surface area contributed by atoms with E-state index in [1.807, 2.05) is 77.1 Å². The summed E-state index contributed by atoms with van der Waals surface area (Å²) in [5.41, 5.74) is 6.58. The molecule has 0 aliphatic heterocycles. The van der Waals surface area contributed by atoms with Crippen LogP contribution in [-0.2, 0) is 100 Å². The fraction of sp³-hybridized carbons (Fsp3) is 0.364. The lowest BCUT2D eigenvalue weighted by atomic mass is 9.99. The van der Waals surface area contributed by atoms with E-state index >= 15 is 0 Å². The average molecular weight is 2040 g/mol. The molecule has 5 heterocycles. The van der Waals surface area contributed by atoms with E-state index in [-0.39, 0.29) is 100 Å². The van der Waals surface area contributed by atoms with Crippen molar-refractivity contribution in [1.29, 1.82) is 0 Å². The van der Waals surface area contributed by atoms with Gasteiger partial charge in [-0.3, -0.25) is 69.6 Å². The molecule has 0 aliphatic carbocycles. The van der Waals surface area contributed by atoms with Gasteiger partial charge in [-0.25, -0.2) is 37.1 Å². The van der Waals surface area contributed by atoms with Gasteiger partial charge < -0.3 is 49.2 Å². The number of aliphatic hydroxyl groups is 5. The third-order valence-electron chi connectivity index (χ3n) is 24.4. The number of aryl methyl sites for hydroxylation is 5. The molecule has 15 aromatic rings. The van der Waals surface area contributed by atoms with Crippen LogP contribution in [0.1, 0.15) is 155 Å². The number of fused-ring (bicyclic) bond motifs is 5. The molecule has 35 heteroatoms. The molecule has 0 radical (unpaired) electrons. The van der Waals surface area contributed by atoms with E-state index in [1.165, 1.54) is 68.4 Å². The fourth-order valence-electron chi connectivity index (χ4n) is 17.1. The van der Waals surface area contributed by atoms with E-state index in [4.69, 9.17) is 72.4 Å².